The molecule has 25 heavy (non-hydrogen) atoms. The Hall–Kier alpha value is -2.60. The first-order valence-corrected chi connectivity index (χ1v) is 8.64. The average Bonchev–Trinajstić information content (AvgIpc) is 2.89. The first-order valence-electron chi connectivity index (χ1n) is 7.84. The van der Waals surface area contributed by atoms with Crippen molar-refractivity contribution in [3.8, 4) is 11.4 Å². The summed E-state index contributed by atoms with van der Waals surface area (Å²) in [4.78, 5) is 12.0. The van der Waals surface area contributed by atoms with E-state index in [4.69, 9.17) is 4.74 Å². The third kappa shape index (κ3) is 4.09. The molecule has 0 saturated heterocycles. The summed E-state index contributed by atoms with van der Waals surface area (Å²) < 4.78 is 8.30. The van der Waals surface area contributed by atoms with Crippen LogP contribution in [0.4, 0.5) is 5.69 Å². The van der Waals surface area contributed by atoms with Crippen LogP contribution in [0.3, 0.4) is 0 Å². The molecule has 0 radical (unpaired) electrons. The van der Waals surface area contributed by atoms with Crippen molar-refractivity contribution in [2.45, 2.75) is 13.8 Å². The molecule has 0 aliphatic carbocycles. The minimum atomic E-state index is -0.203. The quantitative estimate of drug-likeness (QED) is 0.696. The first-order chi connectivity index (χ1) is 12.0. The summed E-state index contributed by atoms with van der Waals surface area (Å²) in [7, 11) is 0. The lowest BCUT2D eigenvalue weighted by atomic mass is 10.2. The van der Waals surface area contributed by atoms with Gasteiger partial charge in [-0.05, 0) is 66.2 Å². The SMILES string of the molecule is Cc1nn(-c2ccc(NC(=O)COc3ccccc3)cc2)c(C)c1Br. The largest absolute Gasteiger partial charge is 0.484 e. The van der Waals surface area contributed by atoms with Gasteiger partial charge in [-0.2, -0.15) is 5.10 Å². The molecular formula is C19H18BrN3O2. The van der Waals surface area contributed by atoms with E-state index in [1.165, 1.54) is 0 Å². The second-order valence-corrected chi connectivity index (χ2v) is 6.39. The Bertz CT molecular complexity index is 874. The zero-order valence-electron chi connectivity index (χ0n) is 14.0. The number of aryl methyl sites for hydroxylation is 1. The van der Waals surface area contributed by atoms with E-state index in [0.29, 0.717) is 11.4 Å². The summed E-state index contributed by atoms with van der Waals surface area (Å²) >= 11 is 3.53. The first kappa shape index (κ1) is 17.2. The molecule has 0 spiro atoms. The molecule has 1 aromatic heterocycles. The molecule has 0 atom stereocenters. The second kappa shape index (κ2) is 7.53. The zero-order valence-corrected chi connectivity index (χ0v) is 15.6. The van der Waals surface area contributed by atoms with Gasteiger partial charge in [-0.1, -0.05) is 18.2 Å². The molecule has 0 bridgehead atoms. The van der Waals surface area contributed by atoms with Gasteiger partial charge in [-0.15, -0.1) is 0 Å². The topological polar surface area (TPSA) is 56.2 Å². The van der Waals surface area contributed by atoms with Crippen LogP contribution in [0.5, 0.6) is 5.75 Å². The van der Waals surface area contributed by atoms with Gasteiger partial charge in [0, 0.05) is 5.69 Å². The van der Waals surface area contributed by atoms with Crippen LogP contribution >= 0.6 is 15.9 Å². The Kier molecular flexibility index (Phi) is 5.19. The van der Waals surface area contributed by atoms with E-state index >= 15 is 0 Å². The van der Waals surface area contributed by atoms with Gasteiger partial charge in [-0.3, -0.25) is 4.79 Å². The molecule has 0 unspecified atom stereocenters. The Balaban J connectivity index is 1.62. The van der Waals surface area contributed by atoms with Crippen LogP contribution in [0.1, 0.15) is 11.4 Å². The van der Waals surface area contributed by atoms with E-state index < -0.39 is 0 Å². The molecule has 6 heteroatoms. The van der Waals surface area contributed by atoms with Gasteiger partial charge in [0.15, 0.2) is 6.61 Å². The van der Waals surface area contributed by atoms with Gasteiger partial charge >= 0.3 is 0 Å². The maximum atomic E-state index is 12.0. The predicted molar refractivity (Wildman–Crippen MR) is 101 cm³/mol. The van der Waals surface area contributed by atoms with E-state index in [2.05, 4.69) is 26.3 Å². The number of nitrogens with zero attached hydrogens (tertiary/aromatic N) is 2. The molecule has 0 fully saturated rings. The van der Waals surface area contributed by atoms with Gasteiger partial charge in [0.25, 0.3) is 5.91 Å². The van der Waals surface area contributed by atoms with E-state index in [1.807, 2.05) is 73.1 Å². The minimum absolute atomic E-state index is 0.0316. The number of aromatic nitrogens is 2. The number of carbonyl (C=O) groups excluding carboxylic acids is 1. The van der Waals surface area contributed by atoms with Crippen LogP contribution in [0.25, 0.3) is 5.69 Å². The maximum Gasteiger partial charge on any atom is 0.262 e. The number of benzene rings is 2. The van der Waals surface area contributed by atoms with Gasteiger partial charge in [0.05, 0.1) is 21.5 Å². The number of para-hydroxylation sites is 1. The van der Waals surface area contributed by atoms with Crippen LogP contribution in [0, 0.1) is 13.8 Å². The molecule has 5 nitrogen and oxygen atoms in total. The van der Waals surface area contributed by atoms with Crippen LogP contribution in [-0.4, -0.2) is 22.3 Å². The standard InChI is InChI=1S/C19H18BrN3O2/c1-13-19(20)14(2)23(22-13)16-10-8-15(9-11-16)21-18(24)12-25-17-6-4-3-5-7-17/h3-11H,12H2,1-2H3,(H,21,24). The van der Waals surface area contributed by atoms with Crippen LogP contribution in [0.15, 0.2) is 59.1 Å². The molecule has 3 rings (SSSR count). The van der Waals surface area contributed by atoms with Gasteiger partial charge in [0.2, 0.25) is 0 Å². The summed E-state index contributed by atoms with van der Waals surface area (Å²) in [5.41, 5.74) is 3.62. The fraction of sp³-hybridized carbons (Fsp3) is 0.158. The zero-order chi connectivity index (χ0) is 17.8. The number of hydrogen-bond acceptors (Lipinski definition) is 3. The summed E-state index contributed by atoms with van der Waals surface area (Å²) in [6.45, 7) is 3.92. The highest BCUT2D eigenvalue weighted by Gasteiger charge is 2.10. The molecule has 0 saturated carbocycles. The minimum Gasteiger partial charge on any atom is -0.484 e. The molecule has 3 aromatic rings. The molecule has 1 amide bonds. The molecule has 1 heterocycles. The normalized spacial score (nSPS) is 10.5. The number of amides is 1. The van der Waals surface area contributed by atoms with Crippen molar-refractivity contribution in [3.05, 3.63) is 70.5 Å². The van der Waals surface area contributed by atoms with Crippen LogP contribution in [0.2, 0.25) is 0 Å². The lowest BCUT2D eigenvalue weighted by Crippen LogP contribution is -2.20. The number of carbonyl (C=O) groups is 1. The Labute approximate surface area is 154 Å². The third-order valence-corrected chi connectivity index (χ3v) is 4.86. The number of rotatable bonds is 5. The lowest BCUT2D eigenvalue weighted by Gasteiger charge is -2.09. The average molecular weight is 400 g/mol. The summed E-state index contributed by atoms with van der Waals surface area (Å²) in [6.07, 6.45) is 0. The molecule has 1 N–H and O–H groups in total. The summed E-state index contributed by atoms with van der Waals surface area (Å²) in [5.74, 6) is 0.466. The highest BCUT2D eigenvalue weighted by molar-refractivity contribution is 9.10. The molecule has 128 valence electrons. The molecule has 2 aromatic carbocycles. The Morgan fingerprint density at radius 3 is 2.40 bits per heavy atom. The number of halogens is 1. The second-order valence-electron chi connectivity index (χ2n) is 5.59. The molecular weight excluding hydrogens is 382 g/mol. The lowest BCUT2D eigenvalue weighted by molar-refractivity contribution is -0.118. The maximum absolute atomic E-state index is 12.0. The predicted octanol–water partition coefficient (Wildman–Crippen LogP) is 4.27. The van der Waals surface area contributed by atoms with E-state index in [0.717, 1.165) is 21.5 Å². The van der Waals surface area contributed by atoms with Crippen molar-refractivity contribution < 1.29 is 9.53 Å². The fourth-order valence-electron chi connectivity index (χ4n) is 2.42. The van der Waals surface area contributed by atoms with Crippen molar-refractivity contribution in [1.29, 1.82) is 0 Å². The van der Waals surface area contributed by atoms with Gasteiger partial charge < -0.3 is 10.1 Å². The number of anilines is 1. The van der Waals surface area contributed by atoms with Gasteiger partial charge in [-0.25, -0.2) is 4.68 Å². The van der Waals surface area contributed by atoms with Crippen molar-refractivity contribution in [3.63, 3.8) is 0 Å². The van der Waals surface area contributed by atoms with E-state index in [1.54, 1.807) is 0 Å². The molecule has 0 aliphatic rings. The highest BCUT2D eigenvalue weighted by atomic mass is 79.9. The Morgan fingerprint density at radius 2 is 1.80 bits per heavy atom. The molecule has 0 aliphatic heterocycles. The Morgan fingerprint density at radius 1 is 1.12 bits per heavy atom. The van der Waals surface area contributed by atoms with Crippen molar-refractivity contribution >= 4 is 27.5 Å². The number of ether oxygens (including phenoxy) is 1. The summed E-state index contributed by atoms with van der Waals surface area (Å²) in [6, 6.07) is 16.8. The van der Waals surface area contributed by atoms with E-state index in [9.17, 15) is 4.79 Å². The van der Waals surface area contributed by atoms with Crippen LogP contribution < -0.4 is 10.1 Å². The monoisotopic (exact) mass is 399 g/mol. The smallest absolute Gasteiger partial charge is 0.262 e. The van der Waals surface area contributed by atoms with Crippen molar-refractivity contribution in [2.24, 2.45) is 0 Å². The van der Waals surface area contributed by atoms with E-state index in [-0.39, 0.29) is 12.5 Å². The highest BCUT2D eigenvalue weighted by Crippen LogP contribution is 2.23. The third-order valence-electron chi connectivity index (χ3n) is 3.71. The van der Waals surface area contributed by atoms with Crippen LogP contribution in [-0.2, 0) is 4.79 Å². The van der Waals surface area contributed by atoms with Crippen molar-refractivity contribution in [1.82, 2.24) is 9.78 Å². The van der Waals surface area contributed by atoms with Gasteiger partial charge in [0.1, 0.15) is 5.75 Å². The summed E-state index contributed by atoms with van der Waals surface area (Å²) in [5, 5.41) is 7.32. The number of nitrogens with one attached hydrogen (secondary N) is 1. The fourth-order valence-corrected chi connectivity index (χ4v) is 2.67. The number of hydrogen-bond donors (Lipinski definition) is 1. The van der Waals surface area contributed by atoms with Crippen molar-refractivity contribution in [2.75, 3.05) is 11.9 Å².